The molecule has 24 heavy (non-hydrogen) atoms. The SMILES string of the molecule is CC(C)SC1CCC2OS(=O)(=O)OC3C(c4ccccc4)N=C1N23. The summed E-state index contributed by atoms with van der Waals surface area (Å²) >= 11 is 1.85. The Hall–Kier alpha value is -1.09. The van der Waals surface area contributed by atoms with Gasteiger partial charge in [-0.15, -0.1) is 11.8 Å². The molecular formula is C16H20N2O4S2. The van der Waals surface area contributed by atoms with Gasteiger partial charge < -0.3 is 4.90 Å². The van der Waals surface area contributed by atoms with Crippen molar-refractivity contribution in [2.24, 2.45) is 4.99 Å². The predicted octanol–water partition coefficient (Wildman–Crippen LogP) is 2.69. The van der Waals surface area contributed by atoms with E-state index in [1.54, 1.807) is 0 Å². The summed E-state index contributed by atoms with van der Waals surface area (Å²) in [4.78, 5) is 6.81. The van der Waals surface area contributed by atoms with Gasteiger partial charge in [-0.2, -0.15) is 8.42 Å². The summed E-state index contributed by atoms with van der Waals surface area (Å²) in [5.74, 6) is 0.902. The number of thioether (sulfide) groups is 1. The fraction of sp³-hybridized carbons (Fsp3) is 0.562. The van der Waals surface area contributed by atoms with Crippen molar-refractivity contribution in [2.45, 2.75) is 55.7 Å². The molecular weight excluding hydrogens is 348 g/mol. The van der Waals surface area contributed by atoms with Gasteiger partial charge in [0.25, 0.3) is 0 Å². The first-order valence-corrected chi connectivity index (χ1v) is 10.4. The van der Waals surface area contributed by atoms with Gasteiger partial charge in [0.2, 0.25) is 0 Å². The molecule has 3 aliphatic rings. The Balaban J connectivity index is 1.74. The van der Waals surface area contributed by atoms with E-state index in [2.05, 4.69) is 13.8 Å². The third-order valence-electron chi connectivity index (χ3n) is 4.38. The number of aliphatic imine (C=N–C) groups is 1. The van der Waals surface area contributed by atoms with Crippen molar-refractivity contribution in [3.05, 3.63) is 35.9 Å². The minimum atomic E-state index is -3.99. The molecule has 0 spiro atoms. The zero-order valence-electron chi connectivity index (χ0n) is 13.5. The zero-order valence-corrected chi connectivity index (χ0v) is 15.2. The van der Waals surface area contributed by atoms with Gasteiger partial charge in [0.1, 0.15) is 11.9 Å². The quantitative estimate of drug-likeness (QED) is 0.817. The maximum atomic E-state index is 12.0. The third-order valence-corrected chi connectivity index (χ3v) is 6.59. The van der Waals surface area contributed by atoms with Crippen molar-refractivity contribution in [3.8, 4) is 0 Å². The van der Waals surface area contributed by atoms with Crippen LogP contribution in [0.3, 0.4) is 0 Å². The number of benzene rings is 1. The van der Waals surface area contributed by atoms with Crippen molar-refractivity contribution in [3.63, 3.8) is 0 Å². The fourth-order valence-electron chi connectivity index (χ4n) is 3.50. The second kappa shape index (κ2) is 6.01. The van der Waals surface area contributed by atoms with Crippen molar-refractivity contribution >= 4 is 28.0 Å². The van der Waals surface area contributed by atoms with Crippen LogP contribution in [0.25, 0.3) is 0 Å². The molecule has 8 heteroatoms. The summed E-state index contributed by atoms with van der Waals surface area (Å²) < 4.78 is 34.5. The third kappa shape index (κ3) is 2.85. The highest BCUT2D eigenvalue weighted by molar-refractivity contribution is 8.01. The molecule has 6 nitrogen and oxygen atoms in total. The summed E-state index contributed by atoms with van der Waals surface area (Å²) in [6.07, 6.45) is 0.350. The van der Waals surface area contributed by atoms with E-state index in [0.717, 1.165) is 17.8 Å². The van der Waals surface area contributed by atoms with E-state index in [-0.39, 0.29) is 11.3 Å². The normalized spacial score (nSPS) is 34.1. The first-order chi connectivity index (χ1) is 11.4. The highest BCUT2D eigenvalue weighted by Crippen LogP contribution is 2.44. The van der Waals surface area contributed by atoms with Crippen LogP contribution in [0.5, 0.6) is 0 Å². The largest absolute Gasteiger partial charge is 0.404 e. The molecule has 2 saturated heterocycles. The van der Waals surface area contributed by atoms with Gasteiger partial charge in [0.05, 0.1) is 5.25 Å². The topological polar surface area (TPSA) is 68.2 Å². The Morgan fingerprint density at radius 3 is 2.67 bits per heavy atom. The van der Waals surface area contributed by atoms with Crippen LogP contribution in [0.1, 0.15) is 38.3 Å². The van der Waals surface area contributed by atoms with Crippen molar-refractivity contribution in [1.29, 1.82) is 0 Å². The van der Waals surface area contributed by atoms with Crippen LogP contribution in [-0.2, 0) is 18.8 Å². The number of hydrogen-bond donors (Lipinski definition) is 0. The summed E-state index contributed by atoms with van der Waals surface area (Å²) in [6.45, 7) is 4.32. The summed E-state index contributed by atoms with van der Waals surface area (Å²) in [5, 5.41) is 0.712. The molecule has 0 bridgehead atoms. The van der Waals surface area contributed by atoms with E-state index >= 15 is 0 Å². The van der Waals surface area contributed by atoms with Crippen LogP contribution >= 0.6 is 11.8 Å². The fourth-order valence-corrected chi connectivity index (χ4v) is 5.68. The number of nitrogens with zero attached hydrogens (tertiary/aromatic N) is 2. The molecule has 0 aliphatic carbocycles. The Bertz CT molecular complexity index is 751. The van der Waals surface area contributed by atoms with Crippen LogP contribution in [0.2, 0.25) is 0 Å². The molecule has 0 amide bonds. The Kier molecular flexibility index (Phi) is 4.11. The van der Waals surface area contributed by atoms with Crippen molar-refractivity contribution in [2.75, 3.05) is 0 Å². The van der Waals surface area contributed by atoms with Gasteiger partial charge in [-0.25, -0.2) is 8.37 Å². The monoisotopic (exact) mass is 368 g/mol. The molecule has 0 aromatic heterocycles. The molecule has 1 aromatic carbocycles. The average molecular weight is 368 g/mol. The molecule has 3 heterocycles. The van der Waals surface area contributed by atoms with Gasteiger partial charge in [-0.1, -0.05) is 44.2 Å². The average Bonchev–Trinajstić information content (AvgIpc) is 2.90. The molecule has 0 N–H and O–H groups in total. The molecule has 0 saturated carbocycles. The number of amidine groups is 1. The molecule has 1 aromatic rings. The maximum absolute atomic E-state index is 12.0. The van der Waals surface area contributed by atoms with Gasteiger partial charge in [0, 0.05) is 0 Å². The van der Waals surface area contributed by atoms with Gasteiger partial charge in [0.15, 0.2) is 12.5 Å². The maximum Gasteiger partial charge on any atom is 0.404 e. The summed E-state index contributed by atoms with van der Waals surface area (Å²) in [5.41, 5.74) is 0.952. The second-order valence-corrected chi connectivity index (χ2v) is 9.43. The Labute approximate surface area is 146 Å². The lowest BCUT2D eigenvalue weighted by molar-refractivity contribution is -0.0859. The van der Waals surface area contributed by atoms with E-state index in [0.29, 0.717) is 11.7 Å². The molecule has 0 radical (unpaired) electrons. The van der Waals surface area contributed by atoms with Crippen molar-refractivity contribution in [1.82, 2.24) is 4.90 Å². The Morgan fingerprint density at radius 2 is 1.96 bits per heavy atom. The van der Waals surface area contributed by atoms with Crippen LogP contribution in [-0.4, -0.2) is 42.1 Å². The van der Waals surface area contributed by atoms with E-state index in [9.17, 15) is 8.42 Å². The predicted molar refractivity (Wildman–Crippen MR) is 92.9 cm³/mol. The van der Waals surface area contributed by atoms with E-state index in [1.807, 2.05) is 47.0 Å². The lowest BCUT2D eigenvalue weighted by Gasteiger charge is -2.44. The van der Waals surface area contributed by atoms with Gasteiger partial charge in [-0.05, 0) is 23.7 Å². The minimum Gasteiger partial charge on any atom is -0.303 e. The smallest absolute Gasteiger partial charge is 0.303 e. The molecule has 4 rings (SSSR count). The number of rotatable bonds is 3. The number of piperidine rings is 1. The van der Waals surface area contributed by atoms with E-state index < -0.39 is 22.9 Å². The van der Waals surface area contributed by atoms with Crippen LogP contribution < -0.4 is 0 Å². The molecule has 3 aliphatic heterocycles. The lowest BCUT2D eigenvalue weighted by Crippen LogP contribution is -2.58. The second-order valence-electron chi connectivity index (χ2n) is 6.45. The van der Waals surface area contributed by atoms with Gasteiger partial charge >= 0.3 is 10.4 Å². The molecule has 2 fully saturated rings. The molecule has 4 unspecified atom stereocenters. The van der Waals surface area contributed by atoms with E-state index in [1.165, 1.54) is 0 Å². The van der Waals surface area contributed by atoms with Crippen molar-refractivity contribution < 1.29 is 16.8 Å². The molecule has 130 valence electrons. The number of hydrogen-bond acceptors (Lipinski definition) is 7. The minimum absolute atomic E-state index is 0.241. The first-order valence-electron chi connectivity index (χ1n) is 8.12. The first kappa shape index (κ1) is 16.4. The van der Waals surface area contributed by atoms with Gasteiger partial charge in [-0.3, -0.25) is 4.99 Å². The molecule has 4 atom stereocenters. The Morgan fingerprint density at radius 1 is 1.21 bits per heavy atom. The zero-order chi connectivity index (χ0) is 16.9. The standard InChI is InChI=1S/C16H20N2O4S2/c1-10(2)23-12-8-9-13-18-15(12)17-14(11-6-4-3-5-7-11)16(18)22-24(19,20)21-13/h3-7,10,12-14,16H,8-9H2,1-2H3. The summed E-state index contributed by atoms with van der Waals surface area (Å²) in [6, 6.07) is 9.35. The highest BCUT2D eigenvalue weighted by atomic mass is 32.3. The summed E-state index contributed by atoms with van der Waals surface area (Å²) in [7, 11) is -3.99. The highest BCUT2D eigenvalue weighted by Gasteiger charge is 2.53. The van der Waals surface area contributed by atoms with Crippen LogP contribution in [0.15, 0.2) is 35.3 Å². The van der Waals surface area contributed by atoms with Crippen LogP contribution in [0.4, 0.5) is 0 Å². The van der Waals surface area contributed by atoms with Crippen LogP contribution in [0, 0.1) is 0 Å². The lowest BCUT2D eigenvalue weighted by atomic mass is 10.1. The van der Waals surface area contributed by atoms with E-state index in [4.69, 9.17) is 13.4 Å².